The second-order valence-electron chi connectivity index (χ2n) is 5.07. The van der Waals surface area contributed by atoms with E-state index in [0.717, 1.165) is 25.1 Å². The SMILES string of the molecule is Cn1cc(C2CCCN2c2ccc([N+](=O)[O-])cc2)cn1. The number of non-ortho nitro benzene ring substituents is 1. The van der Waals surface area contributed by atoms with Crippen LogP contribution in [0.1, 0.15) is 24.4 Å². The number of rotatable bonds is 3. The van der Waals surface area contributed by atoms with Gasteiger partial charge in [0.25, 0.3) is 5.69 Å². The molecule has 1 aliphatic rings. The molecule has 0 N–H and O–H groups in total. The van der Waals surface area contributed by atoms with Gasteiger partial charge in [0.15, 0.2) is 0 Å². The Bertz CT molecular complexity index is 620. The van der Waals surface area contributed by atoms with E-state index < -0.39 is 0 Å². The average molecular weight is 272 g/mol. The summed E-state index contributed by atoms with van der Waals surface area (Å²) in [7, 11) is 1.91. The van der Waals surface area contributed by atoms with Crippen LogP contribution in [0, 0.1) is 10.1 Å². The summed E-state index contributed by atoms with van der Waals surface area (Å²) in [6.07, 6.45) is 6.14. The second-order valence-corrected chi connectivity index (χ2v) is 5.07. The van der Waals surface area contributed by atoms with Crippen molar-refractivity contribution in [1.29, 1.82) is 0 Å². The van der Waals surface area contributed by atoms with Gasteiger partial charge >= 0.3 is 0 Å². The summed E-state index contributed by atoms with van der Waals surface area (Å²) in [6.45, 7) is 0.970. The molecule has 1 aromatic carbocycles. The van der Waals surface area contributed by atoms with E-state index in [0.29, 0.717) is 6.04 Å². The van der Waals surface area contributed by atoms with E-state index in [-0.39, 0.29) is 10.6 Å². The molecule has 104 valence electrons. The van der Waals surface area contributed by atoms with Crippen LogP contribution in [-0.4, -0.2) is 21.2 Å². The summed E-state index contributed by atoms with van der Waals surface area (Å²) in [6, 6.07) is 7.09. The van der Waals surface area contributed by atoms with Gasteiger partial charge in [0.05, 0.1) is 17.2 Å². The molecule has 0 aliphatic carbocycles. The van der Waals surface area contributed by atoms with Crippen molar-refractivity contribution in [3.8, 4) is 0 Å². The summed E-state index contributed by atoms with van der Waals surface area (Å²) < 4.78 is 1.81. The van der Waals surface area contributed by atoms with E-state index in [2.05, 4.69) is 10.00 Å². The van der Waals surface area contributed by atoms with Gasteiger partial charge in [-0.15, -0.1) is 0 Å². The Morgan fingerprint density at radius 1 is 1.35 bits per heavy atom. The second kappa shape index (κ2) is 4.96. The van der Waals surface area contributed by atoms with Crippen LogP contribution in [0.25, 0.3) is 0 Å². The van der Waals surface area contributed by atoms with Crippen LogP contribution in [0.5, 0.6) is 0 Å². The molecule has 0 amide bonds. The number of benzene rings is 1. The molecule has 1 saturated heterocycles. The number of hydrogen-bond acceptors (Lipinski definition) is 4. The third-order valence-electron chi connectivity index (χ3n) is 3.75. The zero-order chi connectivity index (χ0) is 14.1. The smallest absolute Gasteiger partial charge is 0.269 e. The minimum absolute atomic E-state index is 0.130. The molecule has 1 aliphatic heterocycles. The van der Waals surface area contributed by atoms with Gasteiger partial charge in [-0.1, -0.05) is 0 Å². The minimum Gasteiger partial charge on any atom is -0.364 e. The van der Waals surface area contributed by atoms with Crippen molar-refractivity contribution < 1.29 is 4.92 Å². The van der Waals surface area contributed by atoms with Gasteiger partial charge in [-0.25, -0.2) is 0 Å². The highest BCUT2D eigenvalue weighted by atomic mass is 16.6. The van der Waals surface area contributed by atoms with Crippen molar-refractivity contribution in [2.24, 2.45) is 7.05 Å². The molecule has 0 spiro atoms. The third-order valence-corrected chi connectivity index (χ3v) is 3.75. The molecule has 1 aromatic heterocycles. The first-order chi connectivity index (χ1) is 9.65. The number of nitro benzene ring substituents is 1. The molecule has 3 rings (SSSR count). The van der Waals surface area contributed by atoms with Gasteiger partial charge in [0, 0.05) is 43.2 Å². The maximum absolute atomic E-state index is 10.7. The molecule has 6 heteroatoms. The van der Waals surface area contributed by atoms with Crippen LogP contribution >= 0.6 is 0 Å². The molecule has 2 aromatic rings. The Hall–Kier alpha value is -2.37. The first-order valence-electron chi connectivity index (χ1n) is 6.65. The molecule has 0 radical (unpaired) electrons. The molecular formula is C14H16N4O2. The van der Waals surface area contributed by atoms with Crippen LogP contribution in [-0.2, 0) is 7.05 Å². The van der Waals surface area contributed by atoms with Gasteiger partial charge in [0.2, 0.25) is 0 Å². The highest BCUT2D eigenvalue weighted by Gasteiger charge is 2.27. The lowest BCUT2D eigenvalue weighted by atomic mass is 10.1. The Morgan fingerprint density at radius 3 is 2.70 bits per heavy atom. The lowest BCUT2D eigenvalue weighted by molar-refractivity contribution is -0.384. The maximum Gasteiger partial charge on any atom is 0.269 e. The molecule has 0 saturated carbocycles. The zero-order valence-electron chi connectivity index (χ0n) is 11.3. The van der Waals surface area contributed by atoms with E-state index in [4.69, 9.17) is 0 Å². The minimum atomic E-state index is -0.369. The van der Waals surface area contributed by atoms with E-state index in [1.165, 1.54) is 5.56 Å². The summed E-state index contributed by atoms with van der Waals surface area (Å²) in [4.78, 5) is 12.6. The van der Waals surface area contributed by atoms with Gasteiger partial charge in [-0.3, -0.25) is 14.8 Å². The highest BCUT2D eigenvalue weighted by molar-refractivity contribution is 5.53. The van der Waals surface area contributed by atoms with Crippen molar-refractivity contribution >= 4 is 11.4 Å². The Balaban J connectivity index is 1.86. The quantitative estimate of drug-likeness (QED) is 0.636. The number of nitrogens with zero attached hydrogens (tertiary/aromatic N) is 4. The monoisotopic (exact) mass is 272 g/mol. The van der Waals surface area contributed by atoms with Crippen LogP contribution < -0.4 is 4.90 Å². The Morgan fingerprint density at radius 2 is 2.10 bits per heavy atom. The van der Waals surface area contributed by atoms with E-state index in [9.17, 15) is 10.1 Å². The lowest BCUT2D eigenvalue weighted by Crippen LogP contribution is -2.22. The van der Waals surface area contributed by atoms with E-state index >= 15 is 0 Å². The van der Waals surface area contributed by atoms with E-state index in [1.54, 1.807) is 12.1 Å². The summed E-state index contributed by atoms with van der Waals surface area (Å²) in [5.41, 5.74) is 2.36. The van der Waals surface area contributed by atoms with Crippen LogP contribution in [0.4, 0.5) is 11.4 Å². The standard InChI is InChI=1S/C14H16N4O2/c1-16-10-11(9-15-16)14-3-2-8-17(14)12-4-6-13(7-5-12)18(19)20/h4-7,9-10,14H,2-3,8H2,1H3. The number of nitro groups is 1. The maximum atomic E-state index is 10.7. The van der Waals surface area contributed by atoms with Crippen LogP contribution in [0.15, 0.2) is 36.7 Å². The first kappa shape index (κ1) is 12.7. The molecule has 20 heavy (non-hydrogen) atoms. The van der Waals surface area contributed by atoms with Gasteiger partial charge in [-0.2, -0.15) is 5.10 Å². The number of aryl methyl sites for hydroxylation is 1. The van der Waals surface area contributed by atoms with Crippen molar-refractivity contribution in [2.45, 2.75) is 18.9 Å². The molecule has 6 nitrogen and oxygen atoms in total. The van der Waals surface area contributed by atoms with Crippen molar-refractivity contribution in [3.63, 3.8) is 0 Å². The predicted octanol–water partition coefficient (Wildman–Crippen LogP) is 2.67. The topological polar surface area (TPSA) is 64.2 Å². The predicted molar refractivity (Wildman–Crippen MR) is 75.6 cm³/mol. The molecular weight excluding hydrogens is 256 g/mol. The fourth-order valence-electron chi connectivity index (χ4n) is 2.80. The fraction of sp³-hybridized carbons (Fsp3) is 0.357. The van der Waals surface area contributed by atoms with E-state index in [1.807, 2.05) is 36.3 Å². The van der Waals surface area contributed by atoms with Crippen LogP contribution in [0.3, 0.4) is 0 Å². The van der Waals surface area contributed by atoms with Crippen molar-refractivity contribution in [1.82, 2.24) is 9.78 Å². The van der Waals surface area contributed by atoms with Gasteiger partial charge in [0.1, 0.15) is 0 Å². The number of anilines is 1. The largest absolute Gasteiger partial charge is 0.364 e. The third kappa shape index (κ3) is 2.24. The van der Waals surface area contributed by atoms with Crippen molar-refractivity contribution in [2.75, 3.05) is 11.4 Å². The summed E-state index contributed by atoms with van der Waals surface area (Å²) in [5, 5.41) is 14.9. The fourth-order valence-corrected chi connectivity index (χ4v) is 2.80. The number of aromatic nitrogens is 2. The Labute approximate surface area is 116 Å². The highest BCUT2D eigenvalue weighted by Crippen LogP contribution is 2.36. The molecule has 1 fully saturated rings. The number of hydrogen-bond donors (Lipinski definition) is 0. The molecule has 1 atom stereocenters. The molecule has 2 heterocycles. The lowest BCUT2D eigenvalue weighted by Gasteiger charge is -2.26. The summed E-state index contributed by atoms with van der Waals surface area (Å²) >= 11 is 0. The molecule has 1 unspecified atom stereocenters. The Kier molecular flexibility index (Phi) is 3.14. The normalized spacial score (nSPS) is 18.4. The van der Waals surface area contributed by atoms with Crippen molar-refractivity contribution in [3.05, 3.63) is 52.3 Å². The van der Waals surface area contributed by atoms with Crippen LogP contribution in [0.2, 0.25) is 0 Å². The average Bonchev–Trinajstić information content (AvgIpc) is 3.07. The van der Waals surface area contributed by atoms with Gasteiger partial charge in [-0.05, 0) is 25.0 Å². The summed E-state index contributed by atoms with van der Waals surface area (Å²) in [5.74, 6) is 0. The molecule has 0 bridgehead atoms. The first-order valence-corrected chi connectivity index (χ1v) is 6.65. The zero-order valence-corrected chi connectivity index (χ0v) is 11.3. The van der Waals surface area contributed by atoms with Gasteiger partial charge < -0.3 is 4.90 Å².